The molecule has 0 radical (unpaired) electrons. The molecule has 1 amide bonds. The topological polar surface area (TPSA) is 46.6 Å². The Morgan fingerprint density at radius 1 is 0.917 bits per heavy atom. The van der Waals surface area contributed by atoms with Gasteiger partial charge in [0.25, 0.3) is 0 Å². The molecule has 0 fully saturated rings. The predicted octanol–water partition coefficient (Wildman–Crippen LogP) is 4.72. The number of amides is 1. The first kappa shape index (κ1) is 20.2. The van der Waals surface area contributed by atoms with Crippen LogP contribution in [0.1, 0.15) is 64.7 Å². The van der Waals surface area contributed by atoms with Crippen molar-refractivity contribution in [3.8, 4) is 0 Å². The minimum Gasteiger partial charge on any atom is -0.466 e. The molecule has 0 heterocycles. The number of para-hydroxylation sites is 1. The van der Waals surface area contributed by atoms with Crippen molar-refractivity contribution in [1.82, 2.24) is 0 Å². The molecule has 0 aliphatic carbocycles. The monoisotopic (exact) mass is 333 g/mol. The molecular formula is C20H31NO3. The molecule has 1 aromatic carbocycles. The first-order chi connectivity index (χ1) is 11.6. The molecule has 1 rings (SSSR count). The van der Waals surface area contributed by atoms with Gasteiger partial charge in [-0.1, -0.05) is 50.8 Å². The van der Waals surface area contributed by atoms with E-state index in [1.165, 1.54) is 19.3 Å². The summed E-state index contributed by atoms with van der Waals surface area (Å²) in [7, 11) is 1.78. The Morgan fingerprint density at radius 3 is 2.29 bits per heavy atom. The van der Waals surface area contributed by atoms with Crippen LogP contribution in [0, 0.1) is 0 Å². The average Bonchev–Trinajstić information content (AvgIpc) is 2.61. The minimum atomic E-state index is -0.144. The summed E-state index contributed by atoms with van der Waals surface area (Å²) in [5, 5.41) is 0. The summed E-state index contributed by atoms with van der Waals surface area (Å²) in [5.41, 5.74) is 0.894. The van der Waals surface area contributed by atoms with Crippen LogP contribution in [-0.4, -0.2) is 25.5 Å². The number of carbonyl (C=O) groups excluding carboxylic acids is 2. The second-order valence-corrected chi connectivity index (χ2v) is 6.13. The number of nitrogens with zero attached hydrogens (tertiary/aromatic N) is 1. The van der Waals surface area contributed by atoms with Crippen LogP contribution in [0.25, 0.3) is 0 Å². The fourth-order valence-electron chi connectivity index (χ4n) is 2.47. The molecule has 0 atom stereocenters. The Hall–Kier alpha value is -1.84. The van der Waals surface area contributed by atoms with Crippen molar-refractivity contribution in [3.05, 3.63) is 30.3 Å². The highest BCUT2D eigenvalue weighted by molar-refractivity contribution is 5.92. The van der Waals surface area contributed by atoms with Gasteiger partial charge in [0.15, 0.2) is 0 Å². The Kier molecular flexibility index (Phi) is 10.6. The summed E-state index contributed by atoms with van der Waals surface area (Å²) >= 11 is 0. The zero-order valence-electron chi connectivity index (χ0n) is 15.1. The van der Waals surface area contributed by atoms with E-state index in [1.807, 2.05) is 30.3 Å². The lowest BCUT2D eigenvalue weighted by atomic mass is 10.1. The van der Waals surface area contributed by atoms with Crippen molar-refractivity contribution >= 4 is 17.6 Å². The first-order valence-corrected chi connectivity index (χ1v) is 9.12. The van der Waals surface area contributed by atoms with Gasteiger partial charge in [-0.3, -0.25) is 9.59 Å². The maximum Gasteiger partial charge on any atom is 0.305 e. The van der Waals surface area contributed by atoms with E-state index in [0.29, 0.717) is 32.3 Å². The molecule has 0 saturated carbocycles. The Bertz CT molecular complexity index is 473. The molecule has 0 bridgehead atoms. The van der Waals surface area contributed by atoms with E-state index in [1.54, 1.807) is 11.9 Å². The predicted molar refractivity (Wildman–Crippen MR) is 98.0 cm³/mol. The smallest absolute Gasteiger partial charge is 0.305 e. The van der Waals surface area contributed by atoms with Gasteiger partial charge in [0.2, 0.25) is 5.91 Å². The summed E-state index contributed by atoms with van der Waals surface area (Å²) in [4.78, 5) is 25.4. The number of ether oxygens (including phenoxy) is 1. The lowest BCUT2D eigenvalue weighted by molar-refractivity contribution is -0.144. The van der Waals surface area contributed by atoms with Crippen molar-refractivity contribution in [2.45, 2.75) is 64.7 Å². The van der Waals surface area contributed by atoms with Gasteiger partial charge in [-0.15, -0.1) is 0 Å². The van der Waals surface area contributed by atoms with Crippen LogP contribution in [0.4, 0.5) is 5.69 Å². The molecule has 0 aromatic heterocycles. The Labute approximate surface area is 146 Å². The lowest BCUT2D eigenvalue weighted by Gasteiger charge is -2.17. The van der Waals surface area contributed by atoms with E-state index in [4.69, 9.17) is 4.74 Å². The van der Waals surface area contributed by atoms with Crippen LogP contribution in [0.2, 0.25) is 0 Å². The molecule has 1 aromatic rings. The summed E-state index contributed by atoms with van der Waals surface area (Å²) < 4.78 is 5.21. The molecule has 0 aliphatic heterocycles. The zero-order chi connectivity index (χ0) is 17.6. The van der Waals surface area contributed by atoms with Gasteiger partial charge in [0, 0.05) is 25.6 Å². The Balaban J connectivity index is 2.06. The van der Waals surface area contributed by atoms with Gasteiger partial charge in [-0.2, -0.15) is 0 Å². The van der Waals surface area contributed by atoms with Crippen LogP contribution in [0.5, 0.6) is 0 Å². The van der Waals surface area contributed by atoms with Crippen molar-refractivity contribution in [2.24, 2.45) is 0 Å². The molecular weight excluding hydrogens is 302 g/mol. The number of hydrogen-bond donors (Lipinski definition) is 0. The normalized spacial score (nSPS) is 10.4. The van der Waals surface area contributed by atoms with Crippen molar-refractivity contribution < 1.29 is 14.3 Å². The molecule has 4 heteroatoms. The fourth-order valence-corrected chi connectivity index (χ4v) is 2.47. The first-order valence-electron chi connectivity index (χ1n) is 9.12. The second kappa shape index (κ2) is 12.6. The van der Waals surface area contributed by atoms with Crippen LogP contribution >= 0.6 is 0 Å². The third-order valence-electron chi connectivity index (χ3n) is 4.05. The van der Waals surface area contributed by atoms with Gasteiger partial charge in [0.1, 0.15) is 0 Å². The highest BCUT2D eigenvalue weighted by Crippen LogP contribution is 2.13. The number of carbonyl (C=O) groups is 2. The maximum absolute atomic E-state index is 12.1. The van der Waals surface area contributed by atoms with Crippen LogP contribution in [0.15, 0.2) is 30.3 Å². The summed E-state index contributed by atoms with van der Waals surface area (Å²) in [5.74, 6) is -0.0696. The number of esters is 1. The summed E-state index contributed by atoms with van der Waals surface area (Å²) in [6.07, 6.45) is 8.02. The fraction of sp³-hybridized carbons (Fsp3) is 0.600. The van der Waals surface area contributed by atoms with Gasteiger partial charge < -0.3 is 9.64 Å². The third-order valence-corrected chi connectivity index (χ3v) is 4.05. The number of benzene rings is 1. The Morgan fingerprint density at radius 2 is 1.58 bits per heavy atom. The average molecular weight is 333 g/mol. The molecule has 0 spiro atoms. The SMILES string of the molecule is CCCCCCCOC(=O)CCCCC(=O)N(C)c1ccccc1. The standard InChI is InChI=1S/C20H31NO3/c1-3-4-5-6-12-17-24-20(23)16-11-10-15-19(22)21(2)18-13-8-7-9-14-18/h7-9,13-14H,3-6,10-12,15-17H2,1-2H3. The van der Waals surface area contributed by atoms with Crippen LogP contribution in [-0.2, 0) is 14.3 Å². The highest BCUT2D eigenvalue weighted by Gasteiger charge is 2.10. The maximum atomic E-state index is 12.1. The van der Waals surface area contributed by atoms with E-state index < -0.39 is 0 Å². The van der Waals surface area contributed by atoms with Gasteiger partial charge in [-0.05, 0) is 31.4 Å². The van der Waals surface area contributed by atoms with Gasteiger partial charge >= 0.3 is 5.97 Å². The quantitative estimate of drug-likeness (QED) is 0.410. The van der Waals surface area contributed by atoms with Crippen molar-refractivity contribution in [1.29, 1.82) is 0 Å². The number of anilines is 1. The largest absolute Gasteiger partial charge is 0.466 e. The second-order valence-electron chi connectivity index (χ2n) is 6.13. The highest BCUT2D eigenvalue weighted by atomic mass is 16.5. The van der Waals surface area contributed by atoms with Crippen LogP contribution in [0.3, 0.4) is 0 Å². The van der Waals surface area contributed by atoms with Crippen LogP contribution < -0.4 is 4.90 Å². The summed E-state index contributed by atoms with van der Waals surface area (Å²) in [6, 6.07) is 9.58. The van der Waals surface area contributed by atoms with Gasteiger partial charge in [-0.25, -0.2) is 0 Å². The molecule has 134 valence electrons. The molecule has 0 saturated heterocycles. The lowest BCUT2D eigenvalue weighted by Crippen LogP contribution is -2.25. The van der Waals surface area contributed by atoms with E-state index in [-0.39, 0.29) is 11.9 Å². The van der Waals surface area contributed by atoms with E-state index >= 15 is 0 Å². The number of rotatable bonds is 12. The molecule has 4 nitrogen and oxygen atoms in total. The van der Waals surface area contributed by atoms with E-state index in [9.17, 15) is 9.59 Å². The van der Waals surface area contributed by atoms with Crippen molar-refractivity contribution in [3.63, 3.8) is 0 Å². The van der Waals surface area contributed by atoms with Crippen molar-refractivity contribution in [2.75, 3.05) is 18.6 Å². The molecule has 24 heavy (non-hydrogen) atoms. The molecule has 0 unspecified atom stereocenters. The number of hydrogen-bond acceptors (Lipinski definition) is 3. The molecule has 0 aliphatic rings. The third kappa shape index (κ3) is 8.70. The molecule has 0 N–H and O–H groups in total. The van der Waals surface area contributed by atoms with E-state index in [2.05, 4.69) is 6.92 Å². The summed E-state index contributed by atoms with van der Waals surface area (Å²) in [6.45, 7) is 2.71. The van der Waals surface area contributed by atoms with Gasteiger partial charge in [0.05, 0.1) is 6.61 Å². The van der Waals surface area contributed by atoms with E-state index in [0.717, 1.165) is 18.5 Å². The zero-order valence-corrected chi connectivity index (χ0v) is 15.1. The minimum absolute atomic E-state index is 0.0745. The number of unbranched alkanes of at least 4 members (excludes halogenated alkanes) is 5.